The minimum absolute atomic E-state index is 0.129. The molecule has 1 heterocycles. The highest BCUT2D eigenvalue weighted by Crippen LogP contribution is 2.65. The molecular formula is C20H16F3NO2. The van der Waals surface area contributed by atoms with Crippen molar-refractivity contribution in [1.29, 1.82) is 0 Å². The van der Waals surface area contributed by atoms with Crippen LogP contribution in [0.3, 0.4) is 0 Å². The van der Waals surface area contributed by atoms with Crippen LogP contribution in [0.25, 0.3) is 0 Å². The van der Waals surface area contributed by atoms with Gasteiger partial charge in [-0.25, -0.2) is 0 Å². The maximum Gasteiger partial charge on any atom is 0.416 e. The number of hydrogen-bond acceptors (Lipinski definition) is 2. The zero-order valence-electron chi connectivity index (χ0n) is 13.8. The predicted octanol–water partition coefficient (Wildman–Crippen LogP) is 4.14. The lowest BCUT2D eigenvalue weighted by molar-refractivity contribution is -0.141. The third-order valence-corrected chi connectivity index (χ3v) is 5.34. The smallest absolute Gasteiger partial charge is 0.278 e. The number of hydrogen-bond donors (Lipinski definition) is 0. The molecule has 134 valence electrons. The molecule has 6 heteroatoms. The van der Waals surface area contributed by atoms with Crippen LogP contribution in [-0.2, 0) is 22.3 Å². The molecule has 2 aromatic rings. The van der Waals surface area contributed by atoms with E-state index in [1.165, 1.54) is 17.0 Å². The molecule has 0 unspecified atom stereocenters. The van der Waals surface area contributed by atoms with Crippen LogP contribution in [-0.4, -0.2) is 16.7 Å². The first-order chi connectivity index (χ1) is 12.3. The Labute approximate surface area is 148 Å². The lowest BCUT2D eigenvalue weighted by atomic mass is 9.96. The number of halogens is 3. The second kappa shape index (κ2) is 5.69. The van der Waals surface area contributed by atoms with Crippen LogP contribution in [0.5, 0.6) is 0 Å². The average molecular weight is 359 g/mol. The minimum Gasteiger partial charge on any atom is -0.278 e. The summed E-state index contributed by atoms with van der Waals surface area (Å²) in [5, 5.41) is 0. The molecule has 0 bridgehead atoms. The number of alkyl halides is 3. The van der Waals surface area contributed by atoms with E-state index in [4.69, 9.17) is 0 Å². The van der Waals surface area contributed by atoms with Crippen molar-refractivity contribution in [1.82, 2.24) is 4.90 Å². The highest BCUT2D eigenvalue weighted by Gasteiger charge is 2.67. The van der Waals surface area contributed by atoms with Crippen molar-refractivity contribution < 1.29 is 22.8 Å². The van der Waals surface area contributed by atoms with Gasteiger partial charge in [0.05, 0.1) is 17.5 Å². The number of benzene rings is 2. The quantitative estimate of drug-likeness (QED) is 0.773. The molecule has 0 aromatic heterocycles. The number of amides is 2. The molecule has 2 aromatic carbocycles. The topological polar surface area (TPSA) is 37.4 Å². The normalized spacial score (nSPS) is 25.2. The van der Waals surface area contributed by atoms with Gasteiger partial charge in [0.15, 0.2) is 0 Å². The number of rotatable bonds is 3. The van der Waals surface area contributed by atoms with E-state index in [-0.39, 0.29) is 30.7 Å². The maximum absolute atomic E-state index is 12.8. The van der Waals surface area contributed by atoms with Gasteiger partial charge >= 0.3 is 6.18 Å². The first-order valence-corrected chi connectivity index (χ1v) is 8.37. The lowest BCUT2D eigenvalue weighted by Gasteiger charge is -2.15. The van der Waals surface area contributed by atoms with Crippen molar-refractivity contribution in [3.63, 3.8) is 0 Å². The second-order valence-electron chi connectivity index (χ2n) is 6.98. The van der Waals surface area contributed by atoms with Crippen molar-refractivity contribution >= 4 is 11.8 Å². The van der Waals surface area contributed by atoms with Crippen molar-refractivity contribution in [2.45, 2.75) is 31.5 Å². The second-order valence-corrected chi connectivity index (χ2v) is 6.98. The highest BCUT2D eigenvalue weighted by atomic mass is 19.4. The van der Waals surface area contributed by atoms with Crippen LogP contribution >= 0.6 is 0 Å². The Bertz CT molecular complexity index is 861. The van der Waals surface area contributed by atoms with Crippen molar-refractivity contribution in [3.05, 3.63) is 71.3 Å². The van der Waals surface area contributed by atoms with Gasteiger partial charge in [0.25, 0.3) is 0 Å². The number of nitrogens with zero attached hydrogens (tertiary/aromatic N) is 1. The largest absolute Gasteiger partial charge is 0.416 e. The molecular weight excluding hydrogens is 343 g/mol. The molecule has 0 N–H and O–H groups in total. The summed E-state index contributed by atoms with van der Waals surface area (Å²) in [6, 6.07) is 14.2. The summed E-state index contributed by atoms with van der Waals surface area (Å²) < 4.78 is 38.1. The summed E-state index contributed by atoms with van der Waals surface area (Å²) >= 11 is 0. The van der Waals surface area contributed by atoms with Crippen LogP contribution in [0, 0.1) is 5.41 Å². The standard InChI is InChI=1S/C20H16F3NO2/c21-20(22,23)15-8-6-14(7-9-15)16-10-19(16)11-17(25)24(18(19)26)12-13-4-2-1-3-5-13/h1-9,16H,10-12H2/t16-,19-/m0/s1. The Morgan fingerprint density at radius 2 is 1.65 bits per heavy atom. The molecule has 1 aliphatic heterocycles. The zero-order valence-corrected chi connectivity index (χ0v) is 13.8. The number of carbonyl (C=O) groups excluding carboxylic acids is 2. The molecule has 2 atom stereocenters. The summed E-state index contributed by atoms with van der Waals surface area (Å²) in [7, 11) is 0. The Balaban J connectivity index is 1.52. The van der Waals surface area contributed by atoms with Crippen molar-refractivity contribution in [2.75, 3.05) is 0 Å². The Kier molecular flexibility index (Phi) is 3.68. The first kappa shape index (κ1) is 16.8. The predicted molar refractivity (Wildman–Crippen MR) is 87.9 cm³/mol. The van der Waals surface area contributed by atoms with Gasteiger partial charge in [-0.1, -0.05) is 42.5 Å². The molecule has 1 saturated carbocycles. The summed E-state index contributed by atoms with van der Waals surface area (Å²) in [6.07, 6.45) is -3.75. The molecule has 3 nitrogen and oxygen atoms in total. The first-order valence-electron chi connectivity index (χ1n) is 8.37. The van der Waals surface area contributed by atoms with E-state index in [1.54, 1.807) is 0 Å². The SMILES string of the molecule is O=C1C[C@]2(C[C@H]2c2ccc(C(F)(F)F)cc2)C(=O)N1Cc1ccccc1. The van der Waals surface area contributed by atoms with E-state index in [0.29, 0.717) is 12.0 Å². The van der Waals surface area contributed by atoms with Gasteiger partial charge in [-0.2, -0.15) is 13.2 Å². The molecule has 2 aliphatic rings. The van der Waals surface area contributed by atoms with Gasteiger partial charge in [0.2, 0.25) is 11.8 Å². The molecule has 2 amide bonds. The fourth-order valence-electron chi connectivity index (χ4n) is 3.83. The Hall–Kier alpha value is -2.63. The average Bonchev–Trinajstić information content (AvgIpc) is 3.29. The number of imide groups is 1. The van der Waals surface area contributed by atoms with Crippen LogP contribution in [0.15, 0.2) is 54.6 Å². The van der Waals surface area contributed by atoms with Gasteiger partial charge < -0.3 is 0 Å². The van der Waals surface area contributed by atoms with E-state index < -0.39 is 17.2 Å². The van der Waals surface area contributed by atoms with E-state index in [0.717, 1.165) is 17.7 Å². The minimum atomic E-state index is -4.38. The summed E-state index contributed by atoms with van der Waals surface area (Å²) in [5.41, 5.74) is 0.0696. The van der Waals surface area contributed by atoms with Crippen LogP contribution < -0.4 is 0 Å². The molecule has 0 radical (unpaired) electrons. The maximum atomic E-state index is 12.8. The van der Waals surface area contributed by atoms with E-state index >= 15 is 0 Å². The third-order valence-electron chi connectivity index (χ3n) is 5.34. The van der Waals surface area contributed by atoms with Gasteiger partial charge in [-0.3, -0.25) is 14.5 Å². The molecule has 26 heavy (non-hydrogen) atoms. The fraction of sp³-hybridized carbons (Fsp3) is 0.300. The molecule has 4 rings (SSSR count). The number of likely N-dealkylation sites (tertiary alicyclic amines) is 1. The van der Waals surface area contributed by atoms with E-state index in [9.17, 15) is 22.8 Å². The lowest BCUT2D eigenvalue weighted by Crippen LogP contribution is -2.30. The van der Waals surface area contributed by atoms with Crippen LogP contribution in [0.2, 0.25) is 0 Å². The fourth-order valence-corrected chi connectivity index (χ4v) is 3.83. The van der Waals surface area contributed by atoms with Crippen LogP contribution in [0.1, 0.15) is 35.4 Å². The van der Waals surface area contributed by atoms with Crippen molar-refractivity contribution in [2.24, 2.45) is 5.41 Å². The van der Waals surface area contributed by atoms with E-state index in [2.05, 4.69) is 0 Å². The molecule has 1 aliphatic carbocycles. The third kappa shape index (κ3) is 2.69. The summed E-state index contributed by atoms with van der Waals surface area (Å²) in [6.45, 7) is 0.236. The van der Waals surface area contributed by atoms with E-state index in [1.807, 2.05) is 30.3 Å². The zero-order chi connectivity index (χ0) is 18.5. The van der Waals surface area contributed by atoms with Gasteiger partial charge in [0.1, 0.15) is 0 Å². The summed E-state index contributed by atoms with van der Waals surface area (Å²) in [4.78, 5) is 26.5. The Morgan fingerprint density at radius 3 is 2.27 bits per heavy atom. The van der Waals surface area contributed by atoms with Gasteiger partial charge in [-0.15, -0.1) is 0 Å². The summed E-state index contributed by atoms with van der Waals surface area (Å²) in [5.74, 6) is -0.619. The molecule has 2 fully saturated rings. The number of carbonyl (C=O) groups is 2. The van der Waals surface area contributed by atoms with Crippen LogP contribution in [0.4, 0.5) is 13.2 Å². The highest BCUT2D eigenvalue weighted by molar-refractivity contribution is 6.08. The van der Waals surface area contributed by atoms with Gasteiger partial charge in [-0.05, 0) is 35.6 Å². The van der Waals surface area contributed by atoms with Crippen molar-refractivity contribution in [3.8, 4) is 0 Å². The molecule has 1 spiro atoms. The monoisotopic (exact) mass is 359 g/mol. The molecule has 1 saturated heterocycles. The van der Waals surface area contributed by atoms with Gasteiger partial charge in [0, 0.05) is 6.42 Å². The Morgan fingerprint density at radius 1 is 1.00 bits per heavy atom.